The SMILES string of the molecule is O=[N+]([O-])c1ccc(-c2nc(Cc3ccccc3)no2)c(OC2CCNCC2)c1. The van der Waals surface area contributed by atoms with E-state index < -0.39 is 4.92 Å². The molecule has 2 heterocycles. The van der Waals surface area contributed by atoms with Crippen LogP contribution in [0.15, 0.2) is 53.1 Å². The van der Waals surface area contributed by atoms with Crippen molar-refractivity contribution in [2.45, 2.75) is 25.4 Å². The zero-order valence-electron chi connectivity index (χ0n) is 15.2. The lowest BCUT2D eigenvalue weighted by molar-refractivity contribution is -0.384. The molecule has 1 aromatic heterocycles. The molecule has 0 radical (unpaired) electrons. The molecular weight excluding hydrogens is 360 g/mol. The summed E-state index contributed by atoms with van der Waals surface area (Å²) in [5, 5.41) is 18.5. The van der Waals surface area contributed by atoms with E-state index in [0.29, 0.717) is 29.4 Å². The van der Waals surface area contributed by atoms with Gasteiger partial charge in [0.1, 0.15) is 11.9 Å². The topological polar surface area (TPSA) is 103 Å². The molecule has 4 rings (SSSR count). The number of nitrogens with zero attached hydrogens (tertiary/aromatic N) is 3. The van der Waals surface area contributed by atoms with Crippen LogP contribution < -0.4 is 10.1 Å². The van der Waals surface area contributed by atoms with Crippen LogP contribution in [-0.4, -0.2) is 34.3 Å². The Labute approximate surface area is 161 Å². The fourth-order valence-electron chi connectivity index (χ4n) is 3.21. The molecule has 8 nitrogen and oxygen atoms in total. The maximum atomic E-state index is 11.2. The van der Waals surface area contributed by atoms with Crippen LogP contribution in [0.2, 0.25) is 0 Å². The molecular formula is C20H20N4O4. The van der Waals surface area contributed by atoms with Gasteiger partial charge in [-0.3, -0.25) is 10.1 Å². The lowest BCUT2D eigenvalue weighted by atomic mass is 10.1. The Bertz CT molecular complexity index is 952. The second-order valence-electron chi connectivity index (χ2n) is 6.68. The van der Waals surface area contributed by atoms with Gasteiger partial charge in [-0.05, 0) is 37.6 Å². The molecule has 28 heavy (non-hydrogen) atoms. The smallest absolute Gasteiger partial charge is 0.273 e. The van der Waals surface area contributed by atoms with Gasteiger partial charge in [-0.1, -0.05) is 35.5 Å². The van der Waals surface area contributed by atoms with Gasteiger partial charge < -0.3 is 14.6 Å². The summed E-state index contributed by atoms with van der Waals surface area (Å²) < 4.78 is 11.5. The predicted octanol–water partition coefficient (Wildman–Crippen LogP) is 3.37. The van der Waals surface area contributed by atoms with Crippen LogP contribution in [-0.2, 0) is 6.42 Å². The van der Waals surface area contributed by atoms with E-state index in [0.717, 1.165) is 31.5 Å². The lowest BCUT2D eigenvalue weighted by Gasteiger charge is -2.24. The zero-order chi connectivity index (χ0) is 19.3. The molecule has 1 aliphatic heterocycles. The summed E-state index contributed by atoms with van der Waals surface area (Å²) >= 11 is 0. The number of non-ortho nitro benzene ring substituents is 1. The van der Waals surface area contributed by atoms with Gasteiger partial charge in [-0.2, -0.15) is 4.98 Å². The minimum absolute atomic E-state index is 0.00582. The van der Waals surface area contributed by atoms with Gasteiger partial charge in [0.25, 0.3) is 11.6 Å². The van der Waals surface area contributed by atoms with Crippen LogP contribution in [0.3, 0.4) is 0 Å². The standard InChI is InChI=1S/C20H20N4O4/c25-24(26)15-6-7-17(18(13-15)27-16-8-10-21-11-9-16)20-22-19(23-28-20)12-14-4-2-1-3-5-14/h1-7,13,16,21H,8-12H2. The first-order chi connectivity index (χ1) is 13.7. The fraction of sp³-hybridized carbons (Fsp3) is 0.300. The van der Waals surface area contributed by atoms with Crippen molar-refractivity contribution in [2.24, 2.45) is 0 Å². The average molecular weight is 380 g/mol. The number of nitrogens with one attached hydrogen (secondary N) is 1. The molecule has 0 amide bonds. The largest absolute Gasteiger partial charge is 0.489 e. The second kappa shape index (κ2) is 8.18. The number of nitro groups is 1. The Morgan fingerprint density at radius 3 is 2.71 bits per heavy atom. The lowest BCUT2D eigenvalue weighted by Crippen LogP contribution is -2.34. The molecule has 8 heteroatoms. The molecule has 0 atom stereocenters. The molecule has 3 aromatic rings. The molecule has 1 saturated heterocycles. The minimum atomic E-state index is -0.437. The minimum Gasteiger partial charge on any atom is -0.489 e. The highest BCUT2D eigenvalue weighted by molar-refractivity contribution is 5.65. The number of rotatable bonds is 6. The van der Waals surface area contributed by atoms with E-state index in [-0.39, 0.29) is 11.8 Å². The van der Waals surface area contributed by atoms with Crippen molar-refractivity contribution in [3.63, 3.8) is 0 Å². The Morgan fingerprint density at radius 2 is 1.96 bits per heavy atom. The van der Waals surface area contributed by atoms with E-state index in [1.165, 1.54) is 12.1 Å². The Hall–Kier alpha value is -3.26. The Kier molecular flexibility index (Phi) is 5.29. The van der Waals surface area contributed by atoms with Gasteiger partial charge in [0.2, 0.25) is 0 Å². The summed E-state index contributed by atoms with van der Waals surface area (Å²) in [5.74, 6) is 1.24. The van der Waals surface area contributed by atoms with E-state index in [2.05, 4.69) is 15.5 Å². The number of ether oxygens (including phenoxy) is 1. The summed E-state index contributed by atoms with van der Waals surface area (Å²) in [6, 6.07) is 14.3. The normalized spacial score (nSPS) is 14.7. The third-order valence-corrected chi connectivity index (χ3v) is 4.66. The average Bonchev–Trinajstić information content (AvgIpc) is 3.17. The van der Waals surface area contributed by atoms with E-state index in [1.54, 1.807) is 6.07 Å². The number of hydrogen-bond donors (Lipinski definition) is 1. The summed E-state index contributed by atoms with van der Waals surface area (Å²) in [5.41, 5.74) is 1.61. The number of hydrogen-bond acceptors (Lipinski definition) is 7. The monoisotopic (exact) mass is 380 g/mol. The number of aromatic nitrogens is 2. The Balaban J connectivity index is 1.61. The van der Waals surface area contributed by atoms with Crippen molar-refractivity contribution in [3.8, 4) is 17.2 Å². The maximum Gasteiger partial charge on any atom is 0.273 e. The molecule has 144 valence electrons. The highest BCUT2D eigenvalue weighted by Crippen LogP contribution is 2.34. The third kappa shape index (κ3) is 4.17. The molecule has 2 aromatic carbocycles. The van der Waals surface area contributed by atoms with Crippen molar-refractivity contribution in [3.05, 3.63) is 70.0 Å². The van der Waals surface area contributed by atoms with Crippen molar-refractivity contribution < 1.29 is 14.2 Å². The van der Waals surface area contributed by atoms with Gasteiger partial charge in [-0.15, -0.1) is 0 Å². The first kappa shape index (κ1) is 18.1. The molecule has 1 N–H and O–H groups in total. The number of benzene rings is 2. The van der Waals surface area contributed by atoms with Crippen molar-refractivity contribution in [2.75, 3.05) is 13.1 Å². The van der Waals surface area contributed by atoms with Crippen LogP contribution in [0.25, 0.3) is 11.5 Å². The van der Waals surface area contributed by atoms with Crippen molar-refractivity contribution in [1.82, 2.24) is 15.5 Å². The number of piperidine rings is 1. The van der Waals surface area contributed by atoms with Crippen LogP contribution in [0, 0.1) is 10.1 Å². The second-order valence-corrected chi connectivity index (χ2v) is 6.68. The number of nitro benzene ring substituents is 1. The van der Waals surface area contributed by atoms with E-state index in [4.69, 9.17) is 9.26 Å². The molecule has 1 fully saturated rings. The molecule has 0 aliphatic carbocycles. The first-order valence-electron chi connectivity index (χ1n) is 9.22. The summed E-state index contributed by atoms with van der Waals surface area (Å²) in [4.78, 5) is 15.2. The molecule has 1 aliphatic rings. The fourth-order valence-corrected chi connectivity index (χ4v) is 3.21. The van der Waals surface area contributed by atoms with E-state index in [9.17, 15) is 10.1 Å². The molecule has 0 unspecified atom stereocenters. The van der Waals surface area contributed by atoms with Gasteiger partial charge in [0.05, 0.1) is 16.6 Å². The van der Waals surface area contributed by atoms with Gasteiger partial charge in [0, 0.05) is 12.5 Å². The highest BCUT2D eigenvalue weighted by atomic mass is 16.6. The molecule has 0 spiro atoms. The van der Waals surface area contributed by atoms with E-state index in [1.807, 2.05) is 30.3 Å². The van der Waals surface area contributed by atoms with Crippen LogP contribution >= 0.6 is 0 Å². The van der Waals surface area contributed by atoms with E-state index >= 15 is 0 Å². The zero-order valence-corrected chi connectivity index (χ0v) is 15.2. The summed E-state index contributed by atoms with van der Waals surface area (Å²) in [6.07, 6.45) is 2.21. The van der Waals surface area contributed by atoms with Gasteiger partial charge >= 0.3 is 0 Å². The molecule has 0 saturated carbocycles. The molecule has 0 bridgehead atoms. The maximum absolute atomic E-state index is 11.2. The van der Waals surface area contributed by atoms with Crippen molar-refractivity contribution in [1.29, 1.82) is 0 Å². The van der Waals surface area contributed by atoms with Crippen LogP contribution in [0.4, 0.5) is 5.69 Å². The van der Waals surface area contributed by atoms with Crippen LogP contribution in [0.1, 0.15) is 24.2 Å². The highest BCUT2D eigenvalue weighted by Gasteiger charge is 2.22. The third-order valence-electron chi connectivity index (χ3n) is 4.66. The first-order valence-corrected chi connectivity index (χ1v) is 9.22. The quantitative estimate of drug-likeness (QED) is 0.516. The predicted molar refractivity (Wildman–Crippen MR) is 102 cm³/mol. The summed E-state index contributed by atoms with van der Waals surface area (Å²) in [7, 11) is 0. The summed E-state index contributed by atoms with van der Waals surface area (Å²) in [6.45, 7) is 1.72. The Morgan fingerprint density at radius 1 is 1.18 bits per heavy atom. The van der Waals surface area contributed by atoms with Crippen molar-refractivity contribution >= 4 is 5.69 Å². The van der Waals surface area contributed by atoms with Gasteiger partial charge in [0.15, 0.2) is 5.82 Å². The van der Waals surface area contributed by atoms with Gasteiger partial charge in [-0.25, -0.2) is 0 Å². The van der Waals surface area contributed by atoms with Crippen LogP contribution in [0.5, 0.6) is 5.75 Å².